The highest BCUT2D eigenvalue weighted by molar-refractivity contribution is 6.40. The number of anilines is 1. The Balaban J connectivity index is 1.57. The summed E-state index contributed by atoms with van der Waals surface area (Å²) in [6.45, 7) is 0. The maximum atomic E-state index is 12.6. The van der Waals surface area contributed by atoms with Crippen LogP contribution in [0.25, 0.3) is 22.3 Å². The molecular formula is C28H23NO2. The molecule has 0 heterocycles. The van der Waals surface area contributed by atoms with Gasteiger partial charge in [-0.25, -0.2) is 0 Å². The van der Waals surface area contributed by atoms with Crippen molar-refractivity contribution in [3.8, 4) is 22.3 Å². The van der Waals surface area contributed by atoms with Crippen LogP contribution in [0.1, 0.15) is 12.0 Å². The number of nitrogens with one attached hydrogen (secondary N) is 1. The number of benzene rings is 4. The van der Waals surface area contributed by atoms with Crippen molar-refractivity contribution in [3.05, 3.63) is 115 Å². The van der Waals surface area contributed by atoms with Crippen LogP contribution >= 0.6 is 0 Å². The molecule has 152 valence electrons. The van der Waals surface area contributed by atoms with Crippen LogP contribution in [-0.2, 0) is 16.0 Å². The third kappa shape index (κ3) is 5.14. The van der Waals surface area contributed by atoms with Crippen LogP contribution in [0.15, 0.2) is 109 Å². The molecule has 4 aromatic rings. The van der Waals surface area contributed by atoms with Crippen LogP contribution in [-0.4, -0.2) is 11.7 Å². The van der Waals surface area contributed by atoms with Crippen LogP contribution < -0.4 is 5.32 Å². The Bertz CT molecular complexity index is 1170. The Kier molecular flexibility index (Phi) is 6.34. The van der Waals surface area contributed by atoms with Crippen molar-refractivity contribution in [2.45, 2.75) is 12.8 Å². The fraction of sp³-hybridized carbons (Fsp3) is 0.0714. The standard InChI is InChI=1S/C28H23NO2/c30-27(19-16-21-10-4-1-5-11-21)28(31)29-26-18-17-24(22-12-6-2-7-13-22)20-25(26)23-14-8-3-9-15-23/h1-15,17-18,20H,16,19H2,(H,29,31). The maximum absolute atomic E-state index is 12.6. The van der Waals surface area contributed by atoms with Gasteiger partial charge in [0, 0.05) is 17.7 Å². The zero-order valence-corrected chi connectivity index (χ0v) is 17.1. The van der Waals surface area contributed by atoms with E-state index in [1.54, 1.807) is 0 Å². The molecule has 3 heteroatoms. The van der Waals surface area contributed by atoms with Gasteiger partial charge in [-0.3, -0.25) is 9.59 Å². The molecule has 4 rings (SSSR count). The number of amides is 1. The third-order valence-electron chi connectivity index (χ3n) is 5.20. The number of aryl methyl sites for hydroxylation is 1. The number of hydrogen-bond donors (Lipinski definition) is 1. The summed E-state index contributed by atoms with van der Waals surface area (Å²) in [6, 6.07) is 35.5. The third-order valence-corrected chi connectivity index (χ3v) is 5.20. The molecule has 0 bridgehead atoms. The monoisotopic (exact) mass is 405 g/mol. The highest BCUT2D eigenvalue weighted by Crippen LogP contribution is 2.33. The first-order chi connectivity index (χ1) is 15.2. The molecule has 1 amide bonds. The van der Waals surface area contributed by atoms with Crippen molar-refractivity contribution in [1.29, 1.82) is 0 Å². The highest BCUT2D eigenvalue weighted by Gasteiger charge is 2.16. The van der Waals surface area contributed by atoms with Gasteiger partial charge in [-0.1, -0.05) is 97.1 Å². The molecule has 0 spiro atoms. The van der Waals surface area contributed by atoms with Gasteiger partial charge in [-0.05, 0) is 40.8 Å². The number of hydrogen-bond acceptors (Lipinski definition) is 2. The molecule has 4 aromatic carbocycles. The minimum atomic E-state index is -0.583. The molecule has 3 nitrogen and oxygen atoms in total. The van der Waals surface area contributed by atoms with Crippen LogP contribution in [0.3, 0.4) is 0 Å². The second-order valence-electron chi connectivity index (χ2n) is 7.36. The van der Waals surface area contributed by atoms with Gasteiger partial charge in [0.1, 0.15) is 0 Å². The molecule has 0 radical (unpaired) electrons. The van der Waals surface area contributed by atoms with E-state index in [0.29, 0.717) is 12.1 Å². The first-order valence-electron chi connectivity index (χ1n) is 10.3. The van der Waals surface area contributed by atoms with Crippen molar-refractivity contribution in [2.75, 3.05) is 5.32 Å². The zero-order valence-electron chi connectivity index (χ0n) is 17.1. The van der Waals surface area contributed by atoms with E-state index < -0.39 is 11.7 Å². The zero-order chi connectivity index (χ0) is 21.5. The largest absolute Gasteiger partial charge is 0.319 e. The van der Waals surface area contributed by atoms with E-state index in [0.717, 1.165) is 27.8 Å². The second-order valence-corrected chi connectivity index (χ2v) is 7.36. The molecule has 0 fully saturated rings. The van der Waals surface area contributed by atoms with Crippen LogP contribution in [0.5, 0.6) is 0 Å². The molecule has 0 aromatic heterocycles. The summed E-state index contributed by atoms with van der Waals surface area (Å²) < 4.78 is 0. The van der Waals surface area contributed by atoms with E-state index in [-0.39, 0.29) is 6.42 Å². The number of Topliss-reactive ketones (excluding diaryl/α,β-unsaturated/α-hetero) is 1. The maximum Gasteiger partial charge on any atom is 0.291 e. The molecule has 0 aliphatic heterocycles. The average Bonchev–Trinajstić information content (AvgIpc) is 2.84. The molecule has 31 heavy (non-hydrogen) atoms. The smallest absolute Gasteiger partial charge is 0.291 e. The molecule has 1 N–H and O–H groups in total. The number of ketones is 1. The van der Waals surface area contributed by atoms with E-state index in [1.807, 2.05) is 91.0 Å². The summed E-state index contributed by atoms with van der Waals surface area (Å²) in [5.74, 6) is -1.00. The molecule has 0 aliphatic carbocycles. The summed E-state index contributed by atoms with van der Waals surface area (Å²) in [4.78, 5) is 25.1. The molecular weight excluding hydrogens is 382 g/mol. The summed E-state index contributed by atoms with van der Waals surface area (Å²) in [6.07, 6.45) is 0.726. The number of carbonyl (C=O) groups is 2. The van der Waals surface area contributed by atoms with Gasteiger partial charge in [0.25, 0.3) is 5.91 Å². The molecule has 0 aliphatic rings. The van der Waals surface area contributed by atoms with Gasteiger partial charge in [0.2, 0.25) is 5.78 Å². The van der Waals surface area contributed by atoms with Crippen molar-refractivity contribution in [3.63, 3.8) is 0 Å². The Morgan fingerprint density at radius 2 is 1.19 bits per heavy atom. The van der Waals surface area contributed by atoms with Gasteiger partial charge >= 0.3 is 0 Å². The van der Waals surface area contributed by atoms with Gasteiger partial charge in [0.15, 0.2) is 0 Å². The highest BCUT2D eigenvalue weighted by atomic mass is 16.2. The van der Waals surface area contributed by atoms with Crippen molar-refractivity contribution >= 4 is 17.4 Å². The Hall–Kier alpha value is -3.98. The molecule has 0 saturated heterocycles. The lowest BCUT2D eigenvalue weighted by Gasteiger charge is -2.13. The normalized spacial score (nSPS) is 10.5. The summed E-state index contributed by atoms with van der Waals surface area (Å²) in [7, 11) is 0. The average molecular weight is 405 g/mol. The van der Waals surface area contributed by atoms with E-state index in [2.05, 4.69) is 23.5 Å². The van der Waals surface area contributed by atoms with Gasteiger partial charge in [-0.2, -0.15) is 0 Å². The fourth-order valence-electron chi connectivity index (χ4n) is 3.53. The van der Waals surface area contributed by atoms with Gasteiger partial charge in [-0.15, -0.1) is 0 Å². The summed E-state index contributed by atoms with van der Waals surface area (Å²) >= 11 is 0. The fourth-order valence-corrected chi connectivity index (χ4v) is 3.53. The predicted octanol–water partition coefficient (Wildman–Crippen LogP) is 6.16. The lowest BCUT2D eigenvalue weighted by atomic mass is 9.97. The van der Waals surface area contributed by atoms with Gasteiger partial charge in [0.05, 0.1) is 0 Å². The first-order valence-corrected chi connectivity index (χ1v) is 10.3. The quantitative estimate of drug-likeness (QED) is 0.374. The summed E-state index contributed by atoms with van der Waals surface area (Å²) in [5, 5.41) is 2.84. The predicted molar refractivity (Wildman–Crippen MR) is 126 cm³/mol. The number of rotatable bonds is 7. The van der Waals surface area contributed by atoms with Crippen molar-refractivity contribution in [1.82, 2.24) is 0 Å². The van der Waals surface area contributed by atoms with Crippen molar-refractivity contribution < 1.29 is 9.59 Å². The van der Waals surface area contributed by atoms with E-state index in [4.69, 9.17) is 0 Å². The van der Waals surface area contributed by atoms with E-state index in [9.17, 15) is 9.59 Å². The van der Waals surface area contributed by atoms with E-state index in [1.165, 1.54) is 0 Å². The van der Waals surface area contributed by atoms with Crippen molar-refractivity contribution in [2.24, 2.45) is 0 Å². The number of carbonyl (C=O) groups excluding carboxylic acids is 2. The van der Waals surface area contributed by atoms with Crippen LogP contribution in [0.4, 0.5) is 5.69 Å². The lowest BCUT2D eigenvalue weighted by Crippen LogP contribution is -2.23. The first kappa shape index (κ1) is 20.3. The Labute approximate surface area is 182 Å². The molecule has 0 unspecified atom stereocenters. The Morgan fingerprint density at radius 3 is 1.84 bits per heavy atom. The van der Waals surface area contributed by atoms with E-state index >= 15 is 0 Å². The summed E-state index contributed by atoms with van der Waals surface area (Å²) in [5.41, 5.74) is 5.67. The lowest BCUT2D eigenvalue weighted by molar-refractivity contribution is -0.134. The second kappa shape index (κ2) is 9.68. The Morgan fingerprint density at radius 1 is 0.613 bits per heavy atom. The minimum absolute atomic E-state index is 0.179. The van der Waals surface area contributed by atoms with Crippen LogP contribution in [0, 0.1) is 0 Å². The van der Waals surface area contributed by atoms with Crippen LogP contribution in [0.2, 0.25) is 0 Å². The minimum Gasteiger partial charge on any atom is -0.319 e. The SMILES string of the molecule is O=C(CCc1ccccc1)C(=O)Nc1ccc(-c2ccccc2)cc1-c1ccccc1. The molecule has 0 atom stereocenters. The molecule has 0 saturated carbocycles. The van der Waals surface area contributed by atoms with Gasteiger partial charge < -0.3 is 5.32 Å². The topological polar surface area (TPSA) is 46.2 Å².